The summed E-state index contributed by atoms with van der Waals surface area (Å²) in [6, 6.07) is 18.1. The second kappa shape index (κ2) is 18.3. The summed E-state index contributed by atoms with van der Waals surface area (Å²) >= 11 is 0. The Morgan fingerprint density at radius 3 is 1.85 bits per heavy atom. The van der Waals surface area contributed by atoms with Gasteiger partial charge in [0.2, 0.25) is 0 Å². The molecule has 0 bridgehead atoms. The zero-order chi connectivity index (χ0) is 15.9. The first-order valence-corrected chi connectivity index (χ1v) is 9.74. The maximum atomic E-state index is 6.94. The molecule has 0 heterocycles. The minimum absolute atomic E-state index is 0. The fraction of sp³-hybridized carbons (Fsp3) is 0.333. The van der Waals surface area contributed by atoms with E-state index in [0.717, 1.165) is 15.9 Å². The molecule has 0 amide bonds. The Kier molecular flexibility index (Phi) is 25.9. The van der Waals surface area contributed by atoms with E-state index < -0.39 is 0 Å². The van der Waals surface area contributed by atoms with Crippen LogP contribution in [0, 0.1) is 20.9 Å². The topological polar surface area (TPSA) is 23.8 Å². The quantitative estimate of drug-likeness (QED) is 0.258. The first-order valence-electron chi connectivity index (χ1n) is 7.43. The molecule has 2 aromatic rings. The minimum atomic E-state index is -0.250. The minimum Gasteiger partial charge on any atom is -0.673 e. The van der Waals surface area contributed by atoms with E-state index in [-0.39, 0.29) is 66.9 Å². The zero-order valence-electron chi connectivity index (χ0n) is 17.1. The van der Waals surface area contributed by atoms with Gasteiger partial charge in [-0.25, -0.2) is 0 Å². The number of hydrogen-bond donors (Lipinski definition) is 0. The molecule has 0 unspecified atom stereocenters. The van der Waals surface area contributed by atoms with E-state index in [9.17, 15) is 0 Å². The van der Waals surface area contributed by atoms with E-state index in [0.29, 0.717) is 0 Å². The monoisotopic (exact) mass is 446 g/mol. The molecule has 0 atom stereocenters. The second-order valence-corrected chi connectivity index (χ2v) is 7.38. The summed E-state index contributed by atoms with van der Waals surface area (Å²) in [5.74, 6) is 0. The molecule has 0 saturated carbocycles. The summed E-state index contributed by atoms with van der Waals surface area (Å²) in [5.41, 5.74) is 12.2. The van der Waals surface area contributed by atoms with Gasteiger partial charge in [0.05, 0.1) is 0 Å². The normalized spacial score (nSPS) is 9.15. The van der Waals surface area contributed by atoms with Crippen molar-refractivity contribution < 1.29 is 21.7 Å². The predicted molar refractivity (Wildman–Crippen MR) is 124 cm³/mol. The molecule has 2 aromatic carbocycles. The predicted octanol–water partition coefficient (Wildman–Crippen LogP) is 7.16. The Labute approximate surface area is 192 Å². The number of hydrogen-bond acceptors (Lipinski definition) is 0. The number of halogens is 2. The van der Waals surface area contributed by atoms with Crippen LogP contribution in [0.15, 0.2) is 42.5 Å². The third-order valence-electron chi connectivity index (χ3n) is 2.62. The van der Waals surface area contributed by atoms with Crippen molar-refractivity contribution >= 4 is 34.3 Å². The van der Waals surface area contributed by atoms with E-state index in [1.165, 1.54) is 22.3 Å². The van der Waals surface area contributed by atoms with Gasteiger partial charge in [-0.1, -0.05) is 69.3 Å². The van der Waals surface area contributed by atoms with Gasteiger partial charge in [0.1, 0.15) is 0 Å². The largest absolute Gasteiger partial charge is 4.00 e. The van der Waals surface area contributed by atoms with Gasteiger partial charge in [0.15, 0.2) is 0 Å². The Morgan fingerprint density at radius 1 is 0.923 bits per heavy atom. The van der Waals surface area contributed by atoms with Crippen LogP contribution in [0.2, 0.25) is 13.1 Å². The average Bonchev–Trinajstić information content (AvgIpc) is 2.76. The van der Waals surface area contributed by atoms with E-state index in [2.05, 4.69) is 55.6 Å². The molecule has 3 rings (SSSR count). The molecule has 5 heteroatoms. The summed E-state index contributed by atoms with van der Waals surface area (Å²) in [6.45, 7) is 9.98. The molecule has 1 N–H and O–H groups in total. The maximum Gasteiger partial charge on any atom is 4.00 e. The van der Waals surface area contributed by atoms with Crippen molar-refractivity contribution in [2.75, 3.05) is 0 Å². The zero-order valence-corrected chi connectivity index (χ0v) is 21.5. The first-order chi connectivity index (χ1) is 9.86. The molecule has 0 aliphatic heterocycles. The molecule has 0 fully saturated rings. The van der Waals surface area contributed by atoms with Crippen LogP contribution in [0.1, 0.15) is 31.9 Å². The molecular formula is C21H34Cl2NSiTi. The van der Waals surface area contributed by atoms with Crippen molar-refractivity contribution in [2.45, 2.75) is 45.8 Å². The van der Waals surface area contributed by atoms with Crippen LogP contribution < -0.4 is 0 Å². The SMILES string of the molecule is CC(C)(C)[NH-].C[SiH]C.Cl.Cl.[CH3-].[CH3-].[Ti+4].[c-]1cccc2c1Cc1ccccc1-2. The van der Waals surface area contributed by atoms with Crippen molar-refractivity contribution in [2.24, 2.45) is 0 Å². The summed E-state index contributed by atoms with van der Waals surface area (Å²) < 4.78 is 0. The van der Waals surface area contributed by atoms with Crippen LogP contribution in [-0.4, -0.2) is 15.1 Å². The van der Waals surface area contributed by atoms with Crippen molar-refractivity contribution in [1.29, 1.82) is 0 Å². The second-order valence-electron chi connectivity index (χ2n) is 6.22. The van der Waals surface area contributed by atoms with Crippen LogP contribution in [0.4, 0.5) is 0 Å². The van der Waals surface area contributed by atoms with Gasteiger partial charge >= 0.3 is 21.7 Å². The fourth-order valence-electron chi connectivity index (χ4n) is 2.00. The molecule has 1 aliphatic carbocycles. The number of rotatable bonds is 0. The Hall–Kier alpha value is -0.0888. The summed E-state index contributed by atoms with van der Waals surface area (Å²) in [6.07, 6.45) is 1.05. The van der Waals surface area contributed by atoms with Crippen molar-refractivity contribution in [3.63, 3.8) is 0 Å². The van der Waals surface area contributed by atoms with Gasteiger partial charge in [0, 0.05) is 9.52 Å². The molecule has 145 valence electrons. The standard InChI is InChI=1S/C13H9.C4H10N.C2H7Si.2CH3.2ClH.Ti/c1-3-7-12-10(5-1)9-11-6-2-4-8-13(11)12;1-4(2,3)5;1-3-2;;;;;/h1-5,7-8H,9H2;5H,1-3H3;3H,1-2H3;2*1H3;2*1H;/q2*-1;;2*-1;;;+4. The Balaban J connectivity index is -0.000000100. The molecular weight excluding hydrogens is 413 g/mol. The van der Waals surface area contributed by atoms with Crippen molar-refractivity contribution in [3.8, 4) is 11.1 Å². The fourth-order valence-corrected chi connectivity index (χ4v) is 2.00. The van der Waals surface area contributed by atoms with Gasteiger partial charge in [-0.15, -0.1) is 35.9 Å². The molecule has 26 heavy (non-hydrogen) atoms. The number of fused-ring (bicyclic) bond motifs is 3. The maximum absolute atomic E-state index is 6.94. The molecule has 1 aliphatic rings. The van der Waals surface area contributed by atoms with Gasteiger partial charge < -0.3 is 20.6 Å². The molecule has 1 nitrogen and oxygen atoms in total. The molecule has 0 spiro atoms. The van der Waals surface area contributed by atoms with Crippen molar-refractivity contribution in [3.05, 3.63) is 80.2 Å². The number of benzene rings is 2. The van der Waals surface area contributed by atoms with E-state index in [1.807, 2.05) is 26.8 Å². The van der Waals surface area contributed by atoms with Crippen LogP contribution in [-0.2, 0) is 28.1 Å². The van der Waals surface area contributed by atoms with E-state index in [4.69, 9.17) is 5.73 Å². The smallest absolute Gasteiger partial charge is 0.673 e. The van der Waals surface area contributed by atoms with E-state index >= 15 is 0 Å². The molecule has 0 aromatic heterocycles. The Bertz CT molecular complexity index is 522. The third-order valence-corrected chi connectivity index (χ3v) is 2.62. The van der Waals surface area contributed by atoms with Crippen LogP contribution in [0.25, 0.3) is 16.9 Å². The number of nitrogens with one attached hydrogen (secondary N) is 1. The summed E-state index contributed by atoms with van der Waals surface area (Å²) in [5, 5.41) is 0. The van der Waals surface area contributed by atoms with Gasteiger partial charge in [0.25, 0.3) is 0 Å². The third kappa shape index (κ3) is 14.0. The van der Waals surface area contributed by atoms with Crippen molar-refractivity contribution in [1.82, 2.24) is 0 Å². The molecule has 0 saturated heterocycles. The first kappa shape index (κ1) is 36.8. The summed E-state index contributed by atoms with van der Waals surface area (Å²) in [7, 11) is 0.750. The summed E-state index contributed by atoms with van der Waals surface area (Å²) in [4.78, 5) is 0. The van der Waals surface area contributed by atoms with Crippen LogP contribution in [0.3, 0.4) is 0 Å². The van der Waals surface area contributed by atoms with Gasteiger partial charge in [-0.05, 0) is 6.42 Å². The van der Waals surface area contributed by atoms with Gasteiger partial charge in [-0.3, -0.25) is 0 Å². The van der Waals surface area contributed by atoms with Gasteiger partial charge in [-0.2, -0.15) is 29.8 Å². The van der Waals surface area contributed by atoms with Crippen LogP contribution >= 0.6 is 24.8 Å². The molecule has 1 radical (unpaired) electrons. The van der Waals surface area contributed by atoms with E-state index in [1.54, 1.807) is 0 Å². The average molecular weight is 447 g/mol. The van der Waals surface area contributed by atoms with Crippen LogP contribution in [0.5, 0.6) is 0 Å². The Morgan fingerprint density at radius 2 is 1.35 bits per heavy atom.